The van der Waals surface area contributed by atoms with Gasteiger partial charge in [0.15, 0.2) is 0 Å². The van der Waals surface area contributed by atoms with Gasteiger partial charge in [0.25, 0.3) is 0 Å². The molecule has 6 N–H and O–H groups in total. The molecule has 0 radical (unpaired) electrons. The van der Waals surface area contributed by atoms with Crippen LogP contribution in [0.2, 0.25) is 0 Å². The second-order valence-corrected chi connectivity index (χ2v) is 4.47. The first-order chi connectivity index (χ1) is 8.24. The highest BCUT2D eigenvalue weighted by molar-refractivity contribution is 7.79. The summed E-state index contributed by atoms with van der Waals surface area (Å²) in [5.41, 5.74) is 0. The maximum atomic E-state index is 8.82. The number of nitrogens with zero attached hydrogens (tertiary/aromatic N) is 1. The highest BCUT2D eigenvalue weighted by Gasteiger charge is 2.24. The van der Waals surface area contributed by atoms with Crippen molar-refractivity contribution in [3.63, 3.8) is 0 Å². The Balaban J connectivity index is 0. The van der Waals surface area contributed by atoms with Crippen LogP contribution in [0.1, 0.15) is 0 Å². The molecule has 18 heavy (non-hydrogen) atoms. The fourth-order valence-electron chi connectivity index (χ4n) is 1.52. The lowest BCUT2D eigenvalue weighted by atomic mass is 10.3. The highest BCUT2D eigenvalue weighted by Crippen LogP contribution is 2.04. The Bertz CT molecular complexity index is 243. The fourth-order valence-corrected chi connectivity index (χ4v) is 1.52. The van der Waals surface area contributed by atoms with E-state index in [9.17, 15) is 0 Å². The molecule has 112 valence electrons. The van der Waals surface area contributed by atoms with Gasteiger partial charge in [0.05, 0.1) is 26.4 Å². The Hall–Kier alpha value is -0.330. The lowest BCUT2D eigenvalue weighted by Gasteiger charge is -2.36. The van der Waals surface area contributed by atoms with Gasteiger partial charge in [-0.25, -0.2) is 0 Å². The van der Waals surface area contributed by atoms with E-state index in [1.807, 2.05) is 0 Å². The van der Waals surface area contributed by atoms with Crippen molar-refractivity contribution in [2.75, 3.05) is 52.6 Å². The summed E-state index contributed by atoms with van der Waals surface area (Å²) in [4.78, 5) is 0. The van der Waals surface area contributed by atoms with Crippen LogP contribution < -0.4 is 0 Å². The van der Waals surface area contributed by atoms with Gasteiger partial charge in [0, 0.05) is 0 Å². The van der Waals surface area contributed by atoms with Gasteiger partial charge in [0.1, 0.15) is 26.2 Å². The molecule has 0 rings (SSSR count). The summed E-state index contributed by atoms with van der Waals surface area (Å²) in [6.45, 7) is 1.84. The first kappa shape index (κ1) is 20.0. The molecule has 0 spiro atoms. The van der Waals surface area contributed by atoms with Crippen LogP contribution in [0.3, 0.4) is 0 Å². The van der Waals surface area contributed by atoms with E-state index in [4.69, 9.17) is 37.9 Å². The third-order valence-electron chi connectivity index (χ3n) is 2.30. The number of aliphatic hydroxyl groups excluding tert-OH is 4. The van der Waals surface area contributed by atoms with Crippen molar-refractivity contribution in [3.05, 3.63) is 0 Å². The molecule has 0 aromatic carbocycles. The van der Waals surface area contributed by atoms with Gasteiger partial charge in [-0.05, 0) is 0 Å². The SMILES string of the molecule is O=S(=O)(O)O.OCC[N+](CCO)(CCO)CCO. The van der Waals surface area contributed by atoms with Gasteiger partial charge >= 0.3 is 10.4 Å². The number of aliphatic hydroxyl groups is 4. The number of hydrogen-bond acceptors (Lipinski definition) is 6. The summed E-state index contributed by atoms with van der Waals surface area (Å²) in [5, 5.41) is 35.3. The number of quaternary nitrogens is 1. The van der Waals surface area contributed by atoms with Gasteiger partial charge in [-0.15, -0.1) is 0 Å². The Labute approximate surface area is 106 Å². The molecule has 0 heterocycles. The summed E-state index contributed by atoms with van der Waals surface area (Å²) in [6, 6.07) is 0. The van der Waals surface area contributed by atoms with Crippen LogP contribution in [0.15, 0.2) is 0 Å². The topological polar surface area (TPSA) is 156 Å². The van der Waals surface area contributed by atoms with Gasteiger partial charge in [0.2, 0.25) is 0 Å². The maximum Gasteiger partial charge on any atom is 0.394 e. The van der Waals surface area contributed by atoms with Crippen molar-refractivity contribution in [3.8, 4) is 0 Å². The van der Waals surface area contributed by atoms with E-state index in [1.54, 1.807) is 0 Å². The van der Waals surface area contributed by atoms with E-state index in [0.717, 1.165) is 0 Å². The van der Waals surface area contributed by atoms with Crippen LogP contribution in [-0.4, -0.2) is 95.0 Å². The van der Waals surface area contributed by atoms with Gasteiger partial charge in [-0.3, -0.25) is 9.11 Å². The molecule has 0 atom stereocenters. The molecule has 0 unspecified atom stereocenters. The Morgan fingerprint density at radius 2 is 0.833 bits per heavy atom. The predicted molar refractivity (Wildman–Crippen MR) is 62.2 cm³/mol. The average molecular weight is 292 g/mol. The molecule has 0 aromatic heterocycles. The largest absolute Gasteiger partial charge is 0.394 e. The van der Waals surface area contributed by atoms with Crippen molar-refractivity contribution in [2.24, 2.45) is 0 Å². The zero-order valence-electron chi connectivity index (χ0n) is 10.0. The van der Waals surface area contributed by atoms with E-state index < -0.39 is 10.4 Å². The summed E-state index contributed by atoms with van der Waals surface area (Å²) in [6.07, 6.45) is 0. The van der Waals surface area contributed by atoms with Crippen LogP contribution in [0.5, 0.6) is 0 Å². The summed E-state index contributed by atoms with van der Waals surface area (Å²) >= 11 is 0. The molecule has 10 heteroatoms. The lowest BCUT2D eigenvalue weighted by molar-refractivity contribution is -0.929. The predicted octanol–water partition coefficient (Wildman–Crippen LogP) is -2.88. The van der Waals surface area contributed by atoms with Crippen molar-refractivity contribution in [1.82, 2.24) is 0 Å². The van der Waals surface area contributed by atoms with Crippen LogP contribution in [0, 0.1) is 0 Å². The normalized spacial score (nSPS) is 11.9. The maximum absolute atomic E-state index is 8.82. The molecule has 9 nitrogen and oxygen atoms in total. The third-order valence-corrected chi connectivity index (χ3v) is 2.30. The lowest BCUT2D eigenvalue weighted by Crippen LogP contribution is -2.54. The second-order valence-electron chi connectivity index (χ2n) is 3.58. The summed E-state index contributed by atoms with van der Waals surface area (Å²) in [7, 11) is -4.67. The van der Waals surface area contributed by atoms with Crippen LogP contribution in [0.25, 0.3) is 0 Å². The minimum absolute atomic E-state index is 0. The number of rotatable bonds is 8. The van der Waals surface area contributed by atoms with Crippen LogP contribution in [0.4, 0.5) is 0 Å². The smallest absolute Gasteiger partial charge is 0.391 e. The monoisotopic (exact) mass is 292 g/mol. The standard InChI is InChI=1S/C8H20NO4.H2O4S/c10-5-1-9(2-6-11,3-7-12)4-8-13;1-5(2,3)4/h10-13H,1-8H2;(H2,1,2,3,4)/q+1;. The molecule has 0 amide bonds. The van der Waals surface area contributed by atoms with Gasteiger partial charge in [-0.2, -0.15) is 8.42 Å². The molecule has 0 saturated carbocycles. The summed E-state index contributed by atoms with van der Waals surface area (Å²) in [5.74, 6) is 0. The molecular formula is C8H22NO8S+. The number of hydrogen-bond donors (Lipinski definition) is 6. The van der Waals surface area contributed by atoms with Crippen LogP contribution >= 0.6 is 0 Å². The zero-order valence-corrected chi connectivity index (χ0v) is 10.8. The van der Waals surface area contributed by atoms with E-state index in [-0.39, 0.29) is 26.4 Å². The molecule has 0 fully saturated rings. The fraction of sp³-hybridized carbons (Fsp3) is 1.00. The Kier molecular flexibility index (Phi) is 11.8. The first-order valence-corrected chi connectivity index (χ1v) is 6.63. The first-order valence-electron chi connectivity index (χ1n) is 5.23. The second kappa shape index (κ2) is 10.6. The van der Waals surface area contributed by atoms with E-state index in [2.05, 4.69) is 0 Å². The minimum Gasteiger partial charge on any atom is -0.391 e. The molecule has 0 aliphatic heterocycles. The van der Waals surface area contributed by atoms with E-state index in [1.165, 1.54) is 0 Å². The van der Waals surface area contributed by atoms with Crippen molar-refractivity contribution in [1.29, 1.82) is 0 Å². The van der Waals surface area contributed by atoms with Crippen molar-refractivity contribution >= 4 is 10.4 Å². The highest BCUT2D eigenvalue weighted by atomic mass is 32.3. The average Bonchev–Trinajstić information content (AvgIpc) is 2.16. The molecule has 0 aromatic rings. The molecular weight excluding hydrogens is 270 g/mol. The Morgan fingerprint density at radius 3 is 0.944 bits per heavy atom. The molecule has 0 aliphatic rings. The van der Waals surface area contributed by atoms with E-state index >= 15 is 0 Å². The Morgan fingerprint density at radius 1 is 0.667 bits per heavy atom. The molecule has 0 saturated heterocycles. The van der Waals surface area contributed by atoms with Crippen molar-refractivity contribution < 1.29 is 42.4 Å². The van der Waals surface area contributed by atoms with Crippen molar-refractivity contribution in [2.45, 2.75) is 0 Å². The molecule has 0 bridgehead atoms. The minimum atomic E-state index is -4.67. The van der Waals surface area contributed by atoms with E-state index in [0.29, 0.717) is 30.7 Å². The zero-order chi connectivity index (χ0) is 14.7. The van der Waals surface area contributed by atoms with Gasteiger partial charge < -0.3 is 24.9 Å². The third kappa shape index (κ3) is 13.7. The van der Waals surface area contributed by atoms with Crippen LogP contribution in [-0.2, 0) is 10.4 Å². The molecule has 0 aliphatic carbocycles. The quantitative estimate of drug-likeness (QED) is 0.206. The van der Waals surface area contributed by atoms with Gasteiger partial charge in [-0.1, -0.05) is 0 Å². The summed E-state index contributed by atoms with van der Waals surface area (Å²) < 4.78 is 32.0.